The van der Waals surface area contributed by atoms with Crippen molar-refractivity contribution in [3.8, 4) is 0 Å². The van der Waals surface area contributed by atoms with Crippen molar-refractivity contribution in [2.45, 2.75) is 6.92 Å². The Kier molecular flexibility index (Phi) is 1.77. The summed E-state index contributed by atoms with van der Waals surface area (Å²) in [6, 6.07) is 5.43. The molecule has 0 aliphatic heterocycles. The minimum Gasteiger partial charge on any atom is -0.285 e. The van der Waals surface area contributed by atoms with E-state index in [9.17, 15) is 4.79 Å². The molecule has 0 amide bonds. The van der Waals surface area contributed by atoms with Gasteiger partial charge in [-0.1, -0.05) is 0 Å². The number of hydrogen-bond donors (Lipinski definition) is 0. The van der Waals surface area contributed by atoms with Crippen LogP contribution in [-0.2, 0) is 4.79 Å². The highest BCUT2D eigenvalue weighted by Crippen LogP contribution is 2.12. The van der Waals surface area contributed by atoms with E-state index in [2.05, 4.69) is 9.97 Å². The molecule has 0 fully saturated rings. The molecule has 2 aromatic heterocycles. The normalized spacial score (nSPS) is 10.2. The SMILES string of the molecule is Cc1nc2ncccc2cc1[C]=O. The second-order valence-corrected chi connectivity index (χ2v) is 2.77. The number of aromatic nitrogens is 2. The maximum Gasteiger partial charge on any atom is 0.235 e. The molecule has 1 radical (unpaired) electrons. The lowest BCUT2D eigenvalue weighted by molar-refractivity contribution is 0.562. The van der Waals surface area contributed by atoms with Crippen LogP contribution in [0.4, 0.5) is 0 Å². The van der Waals surface area contributed by atoms with E-state index in [-0.39, 0.29) is 0 Å². The van der Waals surface area contributed by atoms with Crippen LogP contribution in [-0.4, -0.2) is 16.3 Å². The molecular weight excluding hydrogens is 164 g/mol. The van der Waals surface area contributed by atoms with Gasteiger partial charge in [-0.25, -0.2) is 9.97 Å². The molecule has 0 unspecified atom stereocenters. The van der Waals surface area contributed by atoms with E-state index in [1.54, 1.807) is 19.2 Å². The van der Waals surface area contributed by atoms with Crippen LogP contribution in [0.5, 0.6) is 0 Å². The smallest absolute Gasteiger partial charge is 0.235 e. The quantitative estimate of drug-likeness (QED) is 0.651. The lowest BCUT2D eigenvalue weighted by Gasteiger charge is -1.99. The summed E-state index contributed by atoms with van der Waals surface area (Å²) in [5.41, 5.74) is 1.83. The Morgan fingerprint density at radius 1 is 1.46 bits per heavy atom. The number of fused-ring (bicyclic) bond motifs is 1. The highest BCUT2D eigenvalue weighted by atomic mass is 16.1. The molecular formula is C10H7N2O. The third-order valence-corrected chi connectivity index (χ3v) is 1.89. The molecule has 13 heavy (non-hydrogen) atoms. The third-order valence-electron chi connectivity index (χ3n) is 1.89. The fourth-order valence-electron chi connectivity index (χ4n) is 1.20. The summed E-state index contributed by atoms with van der Waals surface area (Å²) in [4.78, 5) is 18.7. The summed E-state index contributed by atoms with van der Waals surface area (Å²) in [6.07, 6.45) is 3.53. The second-order valence-electron chi connectivity index (χ2n) is 2.77. The number of hydrogen-bond acceptors (Lipinski definition) is 3. The third kappa shape index (κ3) is 1.28. The van der Waals surface area contributed by atoms with Crippen molar-refractivity contribution in [1.82, 2.24) is 9.97 Å². The van der Waals surface area contributed by atoms with Crippen LogP contribution in [0.3, 0.4) is 0 Å². The zero-order chi connectivity index (χ0) is 9.26. The van der Waals surface area contributed by atoms with Crippen molar-refractivity contribution in [2.75, 3.05) is 0 Å². The summed E-state index contributed by atoms with van der Waals surface area (Å²) in [5, 5.41) is 0.867. The molecule has 63 valence electrons. The van der Waals surface area contributed by atoms with Crippen LogP contribution in [0, 0.1) is 6.92 Å². The Labute approximate surface area is 75.4 Å². The van der Waals surface area contributed by atoms with E-state index in [0.717, 1.165) is 5.39 Å². The van der Waals surface area contributed by atoms with Crippen LogP contribution in [0.2, 0.25) is 0 Å². The standard InChI is InChI=1S/C10H7N2O/c1-7-9(6-13)5-8-3-2-4-11-10(8)12-7/h2-5H,1H3. The van der Waals surface area contributed by atoms with Gasteiger partial charge in [0.25, 0.3) is 0 Å². The molecule has 2 rings (SSSR count). The molecule has 0 N–H and O–H groups in total. The molecule has 0 bridgehead atoms. The molecule has 2 aromatic rings. The summed E-state index contributed by atoms with van der Waals surface area (Å²) in [5.74, 6) is 0. The molecule has 0 aliphatic carbocycles. The van der Waals surface area contributed by atoms with Gasteiger partial charge < -0.3 is 0 Å². The van der Waals surface area contributed by atoms with Crippen LogP contribution < -0.4 is 0 Å². The van der Waals surface area contributed by atoms with Crippen LogP contribution in [0.1, 0.15) is 11.3 Å². The monoisotopic (exact) mass is 171 g/mol. The zero-order valence-corrected chi connectivity index (χ0v) is 7.11. The lowest BCUT2D eigenvalue weighted by Crippen LogP contribution is -1.93. The van der Waals surface area contributed by atoms with Gasteiger partial charge in [-0.15, -0.1) is 0 Å². The molecule has 0 aromatic carbocycles. The van der Waals surface area contributed by atoms with E-state index in [0.29, 0.717) is 16.9 Å². The van der Waals surface area contributed by atoms with Gasteiger partial charge in [0.1, 0.15) is 0 Å². The lowest BCUT2D eigenvalue weighted by atomic mass is 10.2. The molecule has 2 heterocycles. The van der Waals surface area contributed by atoms with E-state index < -0.39 is 0 Å². The molecule has 0 spiro atoms. The molecule has 0 saturated carbocycles. The topological polar surface area (TPSA) is 42.9 Å². The Morgan fingerprint density at radius 3 is 3.08 bits per heavy atom. The van der Waals surface area contributed by atoms with E-state index in [1.807, 2.05) is 18.4 Å². The first kappa shape index (κ1) is 7.86. The Hall–Kier alpha value is -1.77. The van der Waals surface area contributed by atoms with Gasteiger partial charge in [0.2, 0.25) is 6.29 Å². The van der Waals surface area contributed by atoms with E-state index in [1.165, 1.54) is 0 Å². The summed E-state index contributed by atoms with van der Waals surface area (Å²) in [7, 11) is 0. The first-order valence-corrected chi connectivity index (χ1v) is 3.92. The van der Waals surface area contributed by atoms with Crippen molar-refractivity contribution < 1.29 is 4.79 Å². The molecule has 0 saturated heterocycles. The van der Waals surface area contributed by atoms with Crippen molar-refractivity contribution in [3.63, 3.8) is 0 Å². The van der Waals surface area contributed by atoms with Gasteiger partial charge in [0, 0.05) is 17.1 Å². The summed E-state index contributed by atoms with van der Waals surface area (Å²) < 4.78 is 0. The molecule has 0 atom stereocenters. The number of nitrogens with zero attached hydrogens (tertiary/aromatic N) is 2. The number of aryl methyl sites for hydroxylation is 1. The highest BCUT2D eigenvalue weighted by Gasteiger charge is 2.02. The zero-order valence-electron chi connectivity index (χ0n) is 7.11. The summed E-state index contributed by atoms with van der Waals surface area (Å²) in [6.45, 7) is 1.77. The number of carbonyl (C=O) groups excluding carboxylic acids is 1. The van der Waals surface area contributed by atoms with Gasteiger partial charge >= 0.3 is 0 Å². The minimum absolute atomic E-state index is 0.500. The van der Waals surface area contributed by atoms with Crippen molar-refractivity contribution in [2.24, 2.45) is 0 Å². The largest absolute Gasteiger partial charge is 0.285 e. The molecule has 0 aliphatic rings. The van der Waals surface area contributed by atoms with Crippen LogP contribution in [0.25, 0.3) is 11.0 Å². The van der Waals surface area contributed by atoms with Crippen LogP contribution in [0.15, 0.2) is 24.4 Å². The maximum atomic E-state index is 10.5. The predicted octanol–water partition coefficient (Wildman–Crippen LogP) is 1.40. The van der Waals surface area contributed by atoms with E-state index in [4.69, 9.17) is 0 Å². The Morgan fingerprint density at radius 2 is 2.31 bits per heavy atom. The first-order chi connectivity index (χ1) is 6.31. The van der Waals surface area contributed by atoms with Crippen molar-refractivity contribution in [3.05, 3.63) is 35.7 Å². The first-order valence-electron chi connectivity index (χ1n) is 3.92. The Balaban J connectivity index is 2.81. The fraction of sp³-hybridized carbons (Fsp3) is 0.100. The van der Waals surface area contributed by atoms with Gasteiger partial charge in [-0.3, -0.25) is 4.79 Å². The maximum absolute atomic E-state index is 10.5. The summed E-state index contributed by atoms with van der Waals surface area (Å²) >= 11 is 0. The average molecular weight is 171 g/mol. The van der Waals surface area contributed by atoms with Gasteiger partial charge in [-0.05, 0) is 25.1 Å². The second kappa shape index (κ2) is 2.94. The van der Waals surface area contributed by atoms with Crippen molar-refractivity contribution >= 4 is 17.3 Å². The molecule has 3 nitrogen and oxygen atoms in total. The molecule has 3 heteroatoms. The van der Waals surface area contributed by atoms with Crippen molar-refractivity contribution in [1.29, 1.82) is 0 Å². The van der Waals surface area contributed by atoms with Crippen LogP contribution >= 0.6 is 0 Å². The number of rotatable bonds is 1. The average Bonchev–Trinajstić information content (AvgIpc) is 2.17. The number of pyridine rings is 2. The van der Waals surface area contributed by atoms with Gasteiger partial charge in [0.05, 0.1) is 5.69 Å². The predicted molar refractivity (Wildman–Crippen MR) is 49.1 cm³/mol. The Bertz CT molecular complexity index is 465. The highest BCUT2D eigenvalue weighted by molar-refractivity contribution is 5.85. The fourth-order valence-corrected chi connectivity index (χ4v) is 1.20. The van der Waals surface area contributed by atoms with Gasteiger partial charge in [0.15, 0.2) is 5.65 Å². The van der Waals surface area contributed by atoms with Gasteiger partial charge in [-0.2, -0.15) is 0 Å². The minimum atomic E-state index is 0.500. The van der Waals surface area contributed by atoms with E-state index >= 15 is 0 Å².